The molecule has 20 heavy (non-hydrogen) atoms. The Morgan fingerprint density at radius 2 is 1.85 bits per heavy atom. The number of hydrogen-bond donors (Lipinski definition) is 0. The minimum atomic E-state index is -0.847. The maximum absolute atomic E-state index is 12.0. The van der Waals surface area contributed by atoms with Crippen molar-refractivity contribution in [2.24, 2.45) is 5.92 Å². The molecule has 1 unspecified atom stereocenters. The van der Waals surface area contributed by atoms with E-state index in [1.807, 2.05) is 12.1 Å². The van der Waals surface area contributed by atoms with E-state index >= 15 is 0 Å². The van der Waals surface area contributed by atoms with Crippen molar-refractivity contribution in [2.45, 2.75) is 51.0 Å². The Bertz CT molecular complexity index is 398. The number of hydrogen-bond acceptors (Lipinski definition) is 2. The van der Waals surface area contributed by atoms with Gasteiger partial charge in [0, 0.05) is 0 Å². The Balaban J connectivity index is 2.49. The van der Waals surface area contributed by atoms with Crippen molar-refractivity contribution in [1.82, 2.24) is 0 Å². The summed E-state index contributed by atoms with van der Waals surface area (Å²) in [5.41, 5.74) is 5.26. The van der Waals surface area contributed by atoms with Crippen molar-refractivity contribution in [3.05, 3.63) is 29.8 Å². The average molecular weight is 338 g/mol. The first-order valence-corrected chi connectivity index (χ1v) is 12.2. The molecule has 0 N–H and O–H groups in total. The molecule has 0 amide bonds. The van der Waals surface area contributed by atoms with E-state index in [1.165, 1.54) is 17.2 Å². The zero-order valence-electron chi connectivity index (χ0n) is 13.2. The molecule has 0 aliphatic carbocycles. The van der Waals surface area contributed by atoms with Crippen molar-refractivity contribution >= 4 is 25.0 Å². The van der Waals surface area contributed by atoms with Gasteiger partial charge in [0.2, 0.25) is 0 Å². The van der Waals surface area contributed by atoms with Gasteiger partial charge < -0.3 is 0 Å². The Morgan fingerprint density at radius 3 is 2.35 bits per heavy atom. The van der Waals surface area contributed by atoms with Crippen LogP contribution in [0.2, 0.25) is 11.4 Å². The number of benzene rings is 1. The van der Waals surface area contributed by atoms with Gasteiger partial charge >= 0.3 is 128 Å². The quantitative estimate of drug-likeness (QED) is 0.529. The Kier molecular flexibility index (Phi) is 7.99. The molecule has 0 aliphatic rings. The van der Waals surface area contributed by atoms with Crippen LogP contribution in [0.15, 0.2) is 24.3 Å². The number of rotatable bonds is 8. The Hall–Kier alpha value is -0.752. The van der Waals surface area contributed by atoms with Crippen LogP contribution in [0.25, 0.3) is 0 Å². The zero-order chi connectivity index (χ0) is 15.0. The van der Waals surface area contributed by atoms with Crippen molar-refractivity contribution in [1.29, 1.82) is 0 Å². The summed E-state index contributed by atoms with van der Waals surface area (Å²) >= 11 is -0.847. The van der Waals surface area contributed by atoms with Gasteiger partial charge in [-0.25, -0.2) is 0 Å². The van der Waals surface area contributed by atoms with Crippen LogP contribution < -0.4 is 4.35 Å². The number of esters is 1. The van der Waals surface area contributed by atoms with Gasteiger partial charge in [0.05, 0.1) is 0 Å². The molecule has 0 fully saturated rings. The molecule has 0 saturated carbocycles. The molecule has 0 saturated heterocycles. The van der Waals surface area contributed by atoms with Gasteiger partial charge in [0.25, 0.3) is 0 Å². The van der Waals surface area contributed by atoms with Crippen LogP contribution in [0.4, 0.5) is 0 Å². The second kappa shape index (κ2) is 9.23. The fraction of sp³-hybridized carbons (Fsp3) is 0.588. The number of unbranched alkanes of at least 4 members (excludes halogenated alkanes) is 1. The Morgan fingerprint density at radius 1 is 1.20 bits per heavy atom. The number of carbonyl (C=O) groups excluding carboxylic acids is 1. The van der Waals surface area contributed by atoms with Gasteiger partial charge in [-0.1, -0.05) is 0 Å². The molecular weight excluding hydrogens is 311 g/mol. The van der Waals surface area contributed by atoms with Crippen molar-refractivity contribution in [3.63, 3.8) is 0 Å². The third-order valence-electron chi connectivity index (χ3n) is 3.61. The predicted molar refractivity (Wildman–Crippen MR) is 87.1 cm³/mol. The molecule has 0 aromatic heterocycles. The molecule has 1 atom stereocenters. The van der Waals surface area contributed by atoms with Crippen LogP contribution >= 0.6 is 0 Å². The standard InChI is InChI=1S/C17H27AsO2/c1-5-7-8-14(6-2)13-20-17(19)15-9-11-16(12-10-15)18(3)4/h9-12,14H,5-8,13H2,1-4H3. The van der Waals surface area contributed by atoms with Gasteiger partial charge in [-0.05, 0) is 0 Å². The predicted octanol–water partition coefficient (Wildman–Crippen LogP) is 4.02. The van der Waals surface area contributed by atoms with Crippen LogP contribution in [0.5, 0.6) is 0 Å². The van der Waals surface area contributed by atoms with E-state index in [2.05, 4.69) is 37.4 Å². The number of carbonyl (C=O) groups is 1. The van der Waals surface area contributed by atoms with Crippen LogP contribution in [0, 0.1) is 5.92 Å². The van der Waals surface area contributed by atoms with E-state index in [4.69, 9.17) is 4.74 Å². The van der Waals surface area contributed by atoms with Crippen LogP contribution in [0.1, 0.15) is 49.9 Å². The molecule has 0 aliphatic heterocycles. The Labute approximate surface area is 128 Å². The molecule has 0 bridgehead atoms. The first-order valence-electron chi connectivity index (χ1n) is 7.53. The molecule has 2 nitrogen and oxygen atoms in total. The van der Waals surface area contributed by atoms with Crippen LogP contribution in [-0.4, -0.2) is 27.2 Å². The first kappa shape index (κ1) is 17.3. The normalized spacial score (nSPS) is 12.4. The van der Waals surface area contributed by atoms with Gasteiger partial charge in [-0.3, -0.25) is 0 Å². The summed E-state index contributed by atoms with van der Waals surface area (Å²) in [7, 11) is 0. The summed E-state index contributed by atoms with van der Waals surface area (Å²) in [5, 5.41) is 0. The first-order chi connectivity index (χ1) is 9.58. The van der Waals surface area contributed by atoms with E-state index in [-0.39, 0.29) is 5.97 Å². The van der Waals surface area contributed by atoms with Crippen molar-refractivity contribution in [3.8, 4) is 0 Å². The molecule has 0 spiro atoms. The van der Waals surface area contributed by atoms with E-state index in [9.17, 15) is 4.79 Å². The third kappa shape index (κ3) is 5.71. The molecule has 1 aromatic rings. The maximum atomic E-state index is 12.0. The molecule has 1 rings (SSSR count). The summed E-state index contributed by atoms with van der Waals surface area (Å²) in [6, 6.07) is 7.95. The average Bonchev–Trinajstić information content (AvgIpc) is 2.47. The van der Waals surface area contributed by atoms with Gasteiger partial charge in [0.15, 0.2) is 0 Å². The molecule has 112 valence electrons. The summed E-state index contributed by atoms with van der Waals surface area (Å²) in [6.45, 7) is 4.91. The number of ether oxygens (including phenoxy) is 1. The zero-order valence-corrected chi connectivity index (χ0v) is 15.1. The van der Waals surface area contributed by atoms with E-state index in [1.54, 1.807) is 0 Å². The van der Waals surface area contributed by atoms with E-state index < -0.39 is 14.7 Å². The summed E-state index contributed by atoms with van der Waals surface area (Å²) in [6.07, 6.45) is 4.64. The molecule has 1 aromatic carbocycles. The minimum absolute atomic E-state index is 0.183. The van der Waals surface area contributed by atoms with Gasteiger partial charge in [-0.15, -0.1) is 0 Å². The third-order valence-corrected chi connectivity index (χ3v) is 6.41. The fourth-order valence-electron chi connectivity index (χ4n) is 2.07. The molecular formula is C17H27AsO2. The van der Waals surface area contributed by atoms with Crippen LogP contribution in [-0.2, 0) is 4.74 Å². The summed E-state index contributed by atoms with van der Waals surface area (Å²) in [4.78, 5) is 12.0. The SMILES string of the molecule is CCCCC(CC)COC(=O)c1ccc([As](C)C)cc1. The second-order valence-corrected chi connectivity index (χ2v) is 10.3. The van der Waals surface area contributed by atoms with Crippen molar-refractivity contribution in [2.75, 3.05) is 6.61 Å². The monoisotopic (exact) mass is 338 g/mol. The van der Waals surface area contributed by atoms with E-state index in [0.717, 1.165) is 12.8 Å². The molecule has 3 heteroatoms. The van der Waals surface area contributed by atoms with Gasteiger partial charge in [0.1, 0.15) is 0 Å². The summed E-state index contributed by atoms with van der Waals surface area (Å²) in [5.74, 6) is 0.319. The molecule has 0 heterocycles. The van der Waals surface area contributed by atoms with Crippen LogP contribution in [0.3, 0.4) is 0 Å². The summed E-state index contributed by atoms with van der Waals surface area (Å²) < 4.78 is 6.84. The fourth-order valence-corrected chi connectivity index (χ4v) is 3.63. The van der Waals surface area contributed by atoms with E-state index in [0.29, 0.717) is 18.1 Å². The topological polar surface area (TPSA) is 26.3 Å². The second-order valence-electron chi connectivity index (χ2n) is 5.46. The molecule has 0 radical (unpaired) electrons. The van der Waals surface area contributed by atoms with Crippen molar-refractivity contribution < 1.29 is 9.53 Å². The van der Waals surface area contributed by atoms with Gasteiger partial charge in [-0.2, -0.15) is 0 Å².